The van der Waals surface area contributed by atoms with Crippen molar-refractivity contribution in [3.63, 3.8) is 0 Å². The van der Waals surface area contributed by atoms with Gasteiger partial charge in [-0.3, -0.25) is 4.79 Å². The van der Waals surface area contributed by atoms with E-state index in [0.29, 0.717) is 12.0 Å². The van der Waals surface area contributed by atoms with E-state index in [1.54, 1.807) is 19.9 Å². The Morgan fingerprint density at radius 2 is 1.31 bits per heavy atom. The molecule has 3 atom stereocenters. The average molecular weight is 598 g/mol. The van der Waals surface area contributed by atoms with Crippen LogP contribution in [0.2, 0.25) is 0 Å². The van der Waals surface area contributed by atoms with Crippen LogP contribution in [0.4, 0.5) is 14.4 Å². The van der Waals surface area contributed by atoms with Crippen molar-refractivity contribution >= 4 is 24.4 Å². The topological polar surface area (TPSA) is 145 Å². The molecule has 0 heterocycles. The molecule has 238 valence electrons. The number of methoxy groups -OCH3 is 1. The highest BCUT2D eigenvalue weighted by Gasteiger charge is 2.24. The molecule has 12 heteroatoms. The summed E-state index contributed by atoms with van der Waals surface area (Å²) >= 11 is 0. The lowest BCUT2D eigenvalue weighted by Gasteiger charge is -2.21. The van der Waals surface area contributed by atoms with E-state index >= 15 is 0 Å². The third-order valence-corrected chi connectivity index (χ3v) is 5.39. The fourth-order valence-electron chi connectivity index (χ4n) is 3.04. The number of esters is 1. The number of hydrogen-bond acceptors (Lipinski definition) is 12. The van der Waals surface area contributed by atoms with Crippen molar-refractivity contribution in [2.24, 2.45) is 10.8 Å². The molecule has 0 amide bonds. The molecule has 0 aliphatic rings. The fourth-order valence-corrected chi connectivity index (χ4v) is 3.04. The second-order valence-corrected chi connectivity index (χ2v) is 12.4. The summed E-state index contributed by atoms with van der Waals surface area (Å²) in [6.07, 6.45) is -2.92. The lowest BCUT2D eigenvalue weighted by Crippen LogP contribution is -2.43. The van der Waals surface area contributed by atoms with Gasteiger partial charge in [-0.15, -0.1) is 0 Å². The second kappa shape index (κ2) is 16.8. The first-order valence-corrected chi connectivity index (χ1v) is 13.9. The predicted octanol–water partition coefficient (Wildman–Crippen LogP) is 5.82. The monoisotopic (exact) mass is 597 g/mol. The van der Waals surface area contributed by atoms with Crippen molar-refractivity contribution in [2.45, 2.75) is 93.4 Å². The maximum atomic E-state index is 12.5. The van der Waals surface area contributed by atoms with Crippen molar-refractivity contribution < 1.29 is 52.3 Å². The standard InChI is InChI=1S/C30H47NO11/c1-11-19(2)39-28(35)40-20(3)16-31-22(25(32)36-10)14-21-12-13-23(41-26(33)37-17-29(4,5)6)24(15-21)42-27(34)38-18-30(7,8)9/h12-13,15,19-20,22,31H,11,14,16-18H2,1-10H3/t19?,20?,22-/m0/s1. The Morgan fingerprint density at radius 3 is 1.81 bits per heavy atom. The van der Waals surface area contributed by atoms with Crippen molar-refractivity contribution in [1.82, 2.24) is 5.32 Å². The molecular weight excluding hydrogens is 550 g/mol. The number of rotatable bonds is 13. The Bertz CT molecular complexity index is 1040. The van der Waals surface area contributed by atoms with Gasteiger partial charge in [0, 0.05) is 6.54 Å². The van der Waals surface area contributed by atoms with E-state index in [1.807, 2.05) is 48.5 Å². The summed E-state index contributed by atoms with van der Waals surface area (Å²) in [5, 5.41) is 3.02. The molecule has 42 heavy (non-hydrogen) atoms. The molecule has 0 aliphatic heterocycles. The predicted molar refractivity (Wildman–Crippen MR) is 154 cm³/mol. The number of carbonyl (C=O) groups excluding carboxylic acids is 4. The Morgan fingerprint density at radius 1 is 0.786 bits per heavy atom. The van der Waals surface area contributed by atoms with Crippen molar-refractivity contribution in [1.29, 1.82) is 0 Å². The molecule has 1 aromatic rings. The zero-order valence-electron chi connectivity index (χ0n) is 26.5. The fraction of sp³-hybridized carbons (Fsp3) is 0.667. The lowest BCUT2D eigenvalue weighted by molar-refractivity contribution is -0.143. The lowest BCUT2D eigenvalue weighted by atomic mass is 9.99. The van der Waals surface area contributed by atoms with E-state index in [9.17, 15) is 19.2 Å². The van der Waals surface area contributed by atoms with Gasteiger partial charge in [-0.05, 0) is 55.2 Å². The molecule has 0 aliphatic carbocycles. The van der Waals surface area contributed by atoms with Crippen LogP contribution in [0.5, 0.6) is 11.5 Å². The SMILES string of the molecule is CCC(C)OC(=O)OC(C)CN[C@@H](Cc1ccc(OC(=O)OCC(C)(C)C)c(OC(=O)OCC(C)(C)C)c1)C(=O)OC. The van der Waals surface area contributed by atoms with E-state index in [2.05, 4.69) is 5.32 Å². The third-order valence-electron chi connectivity index (χ3n) is 5.39. The Balaban J connectivity index is 3.08. The zero-order chi connectivity index (χ0) is 32.1. The van der Waals surface area contributed by atoms with E-state index in [-0.39, 0.29) is 54.6 Å². The van der Waals surface area contributed by atoms with Gasteiger partial charge in [0.1, 0.15) is 18.2 Å². The molecule has 0 saturated carbocycles. The van der Waals surface area contributed by atoms with Gasteiger partial charge < -0.3 is 38.5 Å². The first-order valence-electron chi connectivity index (χ1n) is 13.9. The Labute approximate surface area is 248 Å². The average Bonchev–Trinajstić information content (AvgIpc) is 2.88. The van der Waals surface area contributed by atoms with Crippen LogP contribution in [0.15, 0.2) is 18.2 Å². The van der Waals surface area contributed by atoms with E-state index in [4.69, 9.17) is 33.2 Å². The molecule has 0 spiro atoms. The molecule has 1 rings (SSSR count). The van der Waals surface area contributed by atoms with Crippen LogP contribution >= 0.6 is 0 Å². The molecule has 0 bridgehead atoms. The first-order chi connectivity index (χ1) is 19.4. The van der Waals surface area contributed by atoms with E-state index in [1.165, 1.54) is 19.2 Å². The molecule has 2 unspecified atom stereocenters. The normalized spacial score (nSPS) is 13.7. The van der Waals surface area contributed by atoms with Gasteiger partial charge in [0.25, 0.3) is 0 Å². The number of hydrogen-bond donors (Lipinski definition) is 1. The van der Waals surface area contributed by atoms with Gasteiger partial charge in [-0.1, -0.05) is 54.5 Å². The summed E-state index contributed by atoms with van der Waals surface area (Å²) in [5.74, 6) is -0.746. The van der Waals surface area contributed by atoms with Gasteiger partial charge in [0.15, 0.2) is 11.5 Å². The molecule has 1 N–H and O–H groups in total. The van der Waals surface area contributed by atoms with Gasteiger partial charge in [-0.2, -0.15) is 0 Å². The minimum atomic E-state index is -0.993. The van der Waals surface area contributed by atoms with Gasteiger partial charge >= 0.3 is 24.4 Å². The highest BCUT2D eigenvalue weighted by atomic mass is 16.7. The molecule has 0 radical (unpaired) electrons. The van der Waals surface area contributed by atoms with Crippen LogP contribution in [-0.4, -0.2) is 69.6 Å². The Kier molecular flexibility index (Phi) is 14.6. The van der Waals surface area contributed by atoms with Crippen molar-refractivity contribution in [3.05, 3.63) is 23.8 Å². The number of benzene rings is 1. The van der Waals surface area contributed by atoms with Crippen LogP contribution in [-0.2, 0) is 34.9 Å². The molecule has 12 nitrogen and oxygen atoms in total. The smallest absolute Gasteiger partial charge is 0.468 e. The number of nitrogens with one attached hydrogen (secondary N) is 1. The largest absolute Gasteiger partial charge is 0.513 e. The van der Waals surface area contributed by atoms with Gasteiger partial charge in [0.05, 0.1) is 20.3 Å². The second-order valence-electron chi connectivity index (χ2n) is 12.4. The quantitative estimate of drug-likeness (QED) is 0.166. The molecule has 1 aromatic carbocycles. The molecule has 0 fully saturated rings. The van der Waals surface area contributed by atoms with Crippen LogP contribution < -0.4 is 14.8 Å². The van der Waals surface area contributed by atoms with E-state index < -0.39 is 36.6 Å². The maximum Gasteiger partial charge on any atom is 0.513 e. The number of ether oxygens (including phenoxy) is 7. The minimum absolute atomic E-state index is 0.0743. The van der Waals surface area contributed by atoms with Crippen molar-refractivity contribution in [2.75, 3.05) is 26.9 Å². The molecule has 0 saturated heterocycles. The van der Waals surface area contributed by atoms with Gasteiger partial charge in [-0.25, -0.2) is 14.4 Å². The Hall–Kier alpha value is -3.54. The van der Waals surface area contributed by atoms with Crippen molar-refractivity contribution in [3.8, 4) is 11.5 Å². The number of carbonyl (C=O) groups is 4. The van der Waals surface area contributed by atoms with E-state index in [0.717, 1.165) is 0 Å². The zero-order valence-corrected chi connectivity index (χ0v) is 26.5. The summed E-state index contributed by atoms with van der Waals surface area (Å²) < 4.78 is 36.3. The molecule has 0 aromatic heterocycles. The summed E-state index contributed by atoms with van der Waals surface area (Å²) in [6.45, 7) is 17.0. The summed E-state index contributed by atoms with van der Waals surface area (Å²) in [7, 11) is 1.25. The summed E-state index contributed by atoms with van der Waals surface area (Å²) in [4.78, 5) is 49.2. The van der Waals surface area contributed by atoms with Crippen LogP contribution in [0, 0.1) is 10.8 Å². The third kappa shape index (κ3) is 15.5. The summed E-state index contributed by atoms with van der Waals surface area (Å²) in [5.41, 5.74) is -0.0508. The van der Waals surface area contributed by atoms with Gasteiger partial charge in [0.2, 0.25) is 0 Å². The molecular formula is C30H47NO11. The summed E-state index contributed by atoms with van der Waals surface area (Å²) in [6, 6.07) is 3.62. The van der Waals surface area contributed by atoms with Crippen LogP contribution in [0.3, 0.4) is 0 Å². The van der Waals surface area contributed by atoms with Crippen LogP contribution in [0.25, 0.3) is 0 Å². The first kappa shape index (κ1) is 36.5. The maximum absolute atomic E-state index is 12.5. The highest BCUT2D eigenvalue weighted by molar-refractivity contribution is 5.76. The highest BCUT2D eigenvalue weighted by Crippen LogP contribution is 2.30. The van der Waals surface area contributed by atoms with Crippen LogP contribution in [0.1, 0.15) is 74.3 Å². The minimum Gasteiger partial charge on any atom is -0.468 e.